The summed E-state index contributed by atoms with van der Waals surface area (Å²) < 4.78 is 32.9. The number of likely N-dealkylation sites (tertiary alicyclic amines) is 1. The van der Waals surface area contributed by atoms with Crippen molar-refractivity contribution in [3.05, 3.63) is 29.8 Å². The predicted octanol–water partition coefficient (Wildman–Crippen LogP) is 3.41. The molecule has 1 unspecified atom stereocenters. The Labute approximate surface area is 159 Å². The Morgan fingerprint density at radius 2 is 2.00 bits per heavy atom. The Bertz CT molecular complexity index is 633. The van der Waals surface area contributed by atoms with E-state index in [4.69, 9.17) is 4.74 Å². The van der Waals surface area contributed by atoms with Crippen LogP contribution in [-0.2, 0) is 5.41 Å². The Balaban J connectivity index is 1.91. The maximum atomic E-state index is 13.6. The molecule has 7 heteroatoms. The molecule has 0 saturated carbocycles. The van der Waals surface area contributed by atoms with Gasteiger partial charge in [-0.2, -0.15) is 0 Å². The summed E-state index contributed by atoms with van der Waals surface area (Å²) in [6.45, 7) is 8.43. The first-order valence-corrected chi connectivity index (χ1v) is 9.33. The number of alkyl halides is 2. The van der Waals surface area contributed by atoms with Crippen LogP contribution in [0.5, 0.6) is 5.75 Å². The van der Waals surface area contributed by atoms with Crippen molar-refractivity contribution in [2.24, 2.45) is 5.92 Å². The largest absolute Gasteiger partial charge is 0.493 e. The third-order valence-electron chi connectivity index (χ3n) is 4.75. The van der Waals surface area contributed by atoms with Gasteiger partial charge in [0.15, 0.2) is 0 Å². The average Bonchev–Trinajstić information content (AvgIpc) is 2.60. The number of aliphatic hydroxyl groups is 1. The number of carbonyl (C=O) groups is 1. The lowest BCUT2D eigenvalue weighted by molar-refractivity contribution is -0.141. The molecule has 27 heavy (non-hydrogen) atoms. The molecule has 0 radical (unpaired) electrons. The molecule has 0 aromatic heterocycles. The molecule has 0 aliphatic carbocycles. The van der Waals surface area contributed by atoms with Gasteiger partial charge in [0.25, 0.3) is 5.92 Å². The molecular formula is C20H30F2N2O3. The maximum Gasteiger partial charge on any atom is 0.317 e. The summed E-state index contributed by atoms with van der Waals surface area (Å²) in [5.41, 5.74) is 0.642. The minimum atomic E-state index is -3.27. The van der Waals surface area contributed by atoms with Gasteiger partial charge in [-0.1, -0.05) is 39.8 Å². The molecule has 2 rings (SSSR count). The fourth-order valence-corrected chi connectivity index (χ4v) is 2.88. The van der Waals surface area contributed by atoms with Crippen LogP contribution >= 0.6 is 0 Å². The number of urea groups is 1. The molecule has 2 N–H and O–H groups in total. The van der Waals surface area contributed by atoms with Crippen LogP contribution in [0.2, 0.25) is 0 Å². The van der Waals surface area contributed by atoms with Gasteiger partial charge in [-0.05, 0) is 30.0 Å². The quantitative estimate of drug-likeness (QED) is 0.790. The van der Waals surface area contributed by atoms with Crippen LogP contribution in [0.25, 0.3) is 0 Å². The van der Waals surface area contributed by atoms with Gasteiger partial charge in [-0.25, -0.2) is 13.6 Å². The predicted molar refractivity (Wildman–Crippen MR) is 100 cm³/mol. The average molecular weight is 384 g/mol. The standard InChI is InChI=1S/C20H30F2N2O3/c1-14(2)11-27-16-7-5-15(6-8-16)19(3,4)12-23-18(26)24-10-9-17(25)20(21,22)13-24/h5-8,14,17,25H,9-13H2,1-4H3,(H,23,26). The highest BCUT2D eigenvalue weighted by Crippen LogP contribution is 2.28. The summed E-state index contributed by atoms with van der Waals surface area (Å²) in [7, 11) is 0. The zero-order chi connectivity index (χ0) is 20.2. The Morgan fingerprint density at radius 3 is 2.56 bits per heavy atom. The summed E-state index contributed by atoms with van der Waals surface area (Å²) in [5, 5.41) is 12.1. The van der Waals surface area contributed by atoms with Gasteiger partial charge in [0.05, 0.1) is 13.2 Å². The van der Waals surface area contributed by atoms with Crippen molar-refractivity contribution in [2.75, 3.05) is 26.2 Å². The van der Waals surface area contributed by atoms with E-state index in [1.807, 2.05) is 38.1 Å². The monoisotopic (exact) mass is 384 g/mol. The zero-order valence-corrected chi connectivity index (χ0v) is 16.5. The lowest BCUT2D eigenvalue weighted by Gasteiger charge is -2.36. The van der Waals surface area contributed by atoms with Crippen molar-refractivity contribution in [1.29, 1.82) is 0 Å². The number of aliphatic hydroxyl groups excluding tert-OH is 1. The normalized spacial score (nSPS) is 19.9. The van der Waals surface area contributed by atoms with Gasteiger partial charge in [0.1, 0.15) is 11.9 Å². The molecule has 1 aromatic carbocycles. The molecule has 1 aliphatic rings. The van der Waals surface area contributed by atoms with Crippen molar-refractivity contribution in [2.45, 2.75) is 51.6 Å². The Kier molecular flexibility index (Phi) is 6.68. The molecule has 1 aromatic rings. The zero-order valence-electron chi connectivity index (χ0n) is 16.5. The highest BCUT2D eigenvalue weighted by molar-refractivity contribution is 5.74. The van der Waals surface area contributed by atoms with Crippen LogP contribution in [0.4, 0.5) is 13.6 Å². The van der Waals surface area contributed by atoms with Gasteiger partial charge in [-0.15, -0.1) is 0 Å². The minimum Gasteiger partial charge on any atom is -0.493 e. The number of piperidine rings is 1. The highest BCUT2D eigenvalue weighted by atomic mass is 19.3. The van der Waals surface area contributed by atoms with E-state index in [0.29, 0.717) is 19.1 Å². The Hall–Kier alpha value is -1.89. The fraction of sp³-hybridized carbons (Fsp3) is 0.650. The maximum absolute atomic E-state index is 13.6. The van der Waals surface area contributed by atoms with Crippen LogP contribution in [0.3, 0.4) is 0 Å². The van der Waals surface area contributed by atoms with Gasteiger partial charge in [0.2, 0.25) is 0 Å². The van der Waals surface area contributed by atoms with Crippen molar-refractivity contribution < 1.29 is 23.4 Å². The minimum absolute atomic E-state index is 0.116. The van der Waals surface area contributed by atoms with E-state index in [9.17, 15) is 18.7 Å². The Morgan fingerprint density at radius 1 is 1.37 bits per heavy atom. The van der Waals surface area contributed by atoms with Crippen LogP contribution in [0.15, 0.2) is 24.3 Å². The number of rotatable bonds is 6. The smallest absolute Gasteiger partial charge is 0.317 e. The molecule has 152 valence electrons. The summed E-state index contributed by atoms with van der Waals surface area (Å²) in [4.78, 5) is 13.3. The SMILES string of the molecule is CC(C)COc1ccc(C(C)(C)CNC(=O)N2CCC(O)C(F)(F)C2)cc1. The summed E-state index contributed by atoms with van der Waals surface area (Å²) in [6, 6.07) is 7.16. The lowest BCUT2D eigenvalue weighted by Crippen LogP contribution is -2.56. The number of ether oxygens (including phenoxy) is 1. The molecule has 2 amide bonds. The number of halogens is 2. The lowest BCUT2D eigenvalue weighted by atomic mass is 9.84. The molecule has 1 aliphatic heterocycles. The van der Waals surface area contributed by atoms with Gasteiger partial charge in [0, 0.05) is 18.5 Å². The van der Waals surface area contributed by atoms with E-state index < -0.39 is 24.6 Å². The summed E-state index contributed by atoms with van der Waals surface area (Å²) in [5.74, 6) is -2.03. The number of amides is 2. The second-order valence-corrected chi connectivity index (χ2v) is 8.26. The second kappa shape index (κ2) is 8.42. The van der Waals surface area contributed by atoms with Crippen LogP contribution in [0.1, 0.15) is 39.7 Å². The van der Waals surface area contributed by atoms with E-state index in [0.717, 1.165) is 16.2 Å². The van der Waals surface area contributed by atoms with Crippen molar-refractivity contribution >= 4 is 6.03 Å². The van der Waals surface area contributed by atoms with Crippen LogP contribution in [0, 0.1) is 5.92 Å². The summed E-state index contributed by atoms with van der Waals surface area (Å²) >= 11 is 0. The van der Waals surface area contributed by atoms with E-state index >= 15 is 0 Å². The molecule has 1 heterocycles. The molecular weight excluding hydrogens is 354 g/mol. The van der Waals surface area contributed by atoms with Crippen molar-refractivity contribution in [1.82, 2.24) is 10.2 Å². The third-order valence-corrected chi connectivity index (χ3v) is 4.75. The van der Waals surface area contributed by atoms with E-state index in [2.05, 4.69) is 19.2 Å². The first kappa shape index (κ1) is 21.4. The molecule has 0 bridgehead atoms. The topological polar surface area (TPSA) is 61.8 Å². The first-order valence-electron chi connectivity index (χ1n) is 9.33. The van der Waals surface area contributed by atoms with E-state index in [1.54, 1.807) is 0 Å². The molecule has 1 atom stereocenters. The van der Waals surface area contributed by atoms with Crippen LogP contribution in [-0.4, -0.2) is 54.3 Å². The molecule has 0 spiro atoms. The molecule has 1 saturated heterocycles. The highest BCUT2D eigenvalue weighted by Gasteiger charge is 2.45. The number of hydrogen-bond acceptors (Lipinski definition) is 3. The molecule has 5 nitrogen and oxygen atoms in total. The van der Waals surface area contributed by atoms with Crippen molar-refractivity contribution in [3.63, 3.8) is 0 Å². The number of nitrogens with zero attached hydrogens (tertiary/aromatic N) is 1. The fourth-order valence-electron chi connectivity index (χ4n) is 2.88. The van der Waals surface area contributed by atoms with E-state index in [1.165, 1.54) is 0 Å². The van der Waals surface area contributed by atoms with Crippen LogP contribution < -0.4 is 10.1 Å². The number of nitrogens with one attached hydrogen (secondary N) is 1. The summed E-state index contributed by atoms with van der Waals surface area (Å²) in [6.07, 6.45) is -1.81. The molecule has 1 fully saturated rings. The van der Waals surface area contributed by atoms with Gasteiger partial charge in [-0.3, -0.25) is 0 Å². The van der Waals surface area contributed by atoms with Gasteiger partial charge >= 0.3 is 6.03 Å². The third kappa shape index (κ3) is 5.79. The number of carbonyl (C=O) groups excluding carboxylic acids is 1. The van der Waals surface area contributed by atoms with E-state index in [-0.39, 0.29) is 18.4 Å². The number of hydrogen-bond donors (Lipinski definition) is 2. The second-order valence-electron chi connectivity index (χ2n) is 8.26. The van der Waals surface area contributed by atoms with Crippen molar-refractivity contribution in [3.8, 4) is 5.75 Å². The first-order chi connectivity index (χ1) is 12.5. The van der Waals surface area contributed by atoms with Gasteiger partial charge < -0.3 is 20.1 Å². The number of benzene rings is 1.